The molecule has 0 saturated carbocycles. The number of esters is 1. The normalized spacial score (nSPS) is 11.2. The van der Waals surface area contributed by atoms with Gasteiger partial charge in [0.05, 0.1) is 15.9 Å². The van der Waals surface area contributed by atoms with Gasteiger partial charge in [-0.2, -0.15) is 5.10 Å². The maximum atomic E-state index is 12.7. The number of benzene rings is 1. The number of hydrogen-bond acceptors (Lipinski definition) is 7. The highest BCUT2D eigenvalue weighted by Crippen LogP contribution is 2.28. The Morgan fingerprint density at radius 3 is 2.69 bits per heavy atom. The third-order valence-corrected chi connectivity index (χ3v) is 6.41. The van der Waals surface area contributed by atoms with Crippen LogP contribution in [0.15, 0.2) is 30.3 Å². The molecule has 0 aliphatic carbocycles. The van der Waals surface area contributed by atoms with Gasteiger partial charge in [0.15, 0.2) is 17.4 Å². The molecule has 0 saturated heterocycles. The van der Waals surface area contributed by atoms with E-state index in [0.29, 0.717) is 18.1 Å². The molecule has 1 aromatic carbocycles. The molecule has 1 amide bonds. The summed E-state index contributed by atoms with van der Waals surface area (Å²) in [6.07, 6.45) is 0.636. The van der Waals surface area contributed by atoms with Gasteiger partial charge in [-0.1, -0.05) is 23.5 Å². The van der Waals surface area contributed by atoms with Crippen LogP contribution in [0.1, 0.15) is 36.0 Å². The number of fused-ring (bicyclic) bond motifs is 2. The highest BCUT2D eigenvalue weighted by molar-refractivity contribution is 7.22. The zero-order valence-corrected chi connectivity index (χ0v) is 19.4. The molecule has 8 nitrogen and oxygen atoms in total. The second-order valence-electron chi connectivity index (χ2n) is 7.58. The number of amides is 1. The standard InChI is InChI=1S/C23H25N5O3S/c1-5-27(23-25-18-8-6-7-9-19(18)32-23)21(29)13-31-22(30)11-10-17-15(3)24-20-12-14(2)26-28(20)16(17)4/h6-9,12H,5,10-11,13H2,1-4H3. The summed E-state index contributed by atoms with van der Waals surface area (Å²) >= 11 is 1.44. The van der Waals surface area contributed by atoms with Gasteiger partial charge in [0.2, 0.25) is 0 Å². The van der Waals surface area contributed by atoms with Crippen LogP contribution in [-0.2, 0) is 20.7 Å². The first-order valence-corrected chi connectivity index (χ1v) is 11.3. The summed E-state index contributed by atoms with van der Waals surface area (Å²) in [5.74, 6) is -0.711. The first kappa shape index (κ1) is 21.9. The number of likely N-dealkylation sites (N-methyl/N-ethyl adjacent to an activating group) is 1. The molecule has 0 fully saturated rings. The van der Waals surface area contributed by atoms with Crippen molar-refractivity contribution in [1.29, 1.82) is 0 Å². The molecule has 166 valence electrons. The quantitative estimate of drug-likeness (QED) is 0.397. The number of anilines is 1. The summed E-state index contributed by atoms with van der Waals surface area (Å²) in [6.45, 7) is 7.83. The van der Waals surface area contributed by atoms with Crippen LogP contribution in [0, 0.1) is 20.8 Å². The number of rotatable bonds is 7. The summed E-state index contributed by atoms with van der Waals surface area (Å²) < 4.78 is 8.08. The lowest BCUT2D eigenvalue weighted by Gasteiger charge is -2.17. The average molecular weight is 452 g/mol. The fraction of sp³-hybridized carbons (Fsp3) is 0.348. The van der Waals surface area contributed by atoms with Gasteiger partial charge in [-0.05, 0) is 51.8 Å². The van der Waals surface area contributed by atoms with Crippen LogP contribution < -0.4 is 4.90 Å². The Bertz CT molecular complexity index is 1280. The monoisotopic (exact) mass is 451 g/mol. The molecule has 0 radical (unpaired) electrons. The summed E-state index contributed by atoms with van der Waals surface area (Å²) in [6, 6.07) is 9.66. The number of hydrogen-bond donors (Lipinski definition) is 0. The zero-order chi connectivity index (χ0) is 22.8. The van der Waals surface area contributed by atoms with E-state index in [4.69, 9.17) is 4.74 Å². The fourth-order valence-electron chi connectivity index (χ4n) is 3.72. The smallest absolute Gasteiger partial charge is 0.306 e. The molecular formula is C23H25N5O3S. The molecule has 32 heavy (non-hydrogen) atoms. The van der Waals surface area contributed by atoms with E-state index in [1.807, 2.05) is 58.0 Å². The molecule has 0 aliphatic heterocycles. The lowest BCUT2D eigenvalue weighted by molar-refractivity contribution is -0.147. The number of carbonyl (C=O) groups is 2. The Kier molecular flexibility index (Phi) is 6.18. The van der Waals surface area contributed by atoms with Gasteiger partial charge >= 0.3 is 5.97 Å². The van der Waals surface area contributed by atoms with Crippen molar-refractivity contribution in [3.63, 3.8) is 0 Å². The maximum absolute atomic E-state index is 12.7. The molecular weight excluding hydrogens is 426 g/mol. The van der Waals surface area contributed by atoms with Crippen molar-refractivity contribution in [2.24, 2.45) is 0 Å². The number of aromatic nitrogens is 4. The lowest BCUT2D eigenvalue weighted by Crippen LogP contribution is -2.34. The minimum absolute atomic E-state index is 0.162. The highest BCUT2D eigenvalue weighted by Gasteiger charge is 2.20. The van der Waals surface area contributed by atoms with Crippen molar-refractivity contribution in [3.8, 4) is 0 Å². The van der Waals surface area contributed by atoms with Crippen LogP contribution >= 0.6 is 11.3 Å². The third kappa shape index (κ3) is 4.34. The third-order valence-electron chi connectivity index (χ3n) is 5.35. The van der Waals surface area contributed by atoms with E-state index in [0.717, 1.165) is 38.5 Å². The molecule has 4 aromatic rings. The van der Waals surface area contributed by atoms with E-state index in [1.54, 1.807) is 9.42 Å². The number of carbonyl (C=O) groups excluding carboxylic acids is 2. The topological polar surface area (TPSA) is 89.7 Å². The van der Waals surface area contributed by atoms with Gasteiger partial charge in [-0.3, -0.25) is 14.5 Å². The maximum Gasteiger partial charge on any atom is 0.306 e. The zero-order valence-electron chi connectivity index (χ0n) is 18.6. The molecule has 0 bridgehead atoms. The molecule has 0 N–H and O–H groups in total. The van der Waals surface area contributed by atoms with Crippen molar-refractivity contribution in [3.05, 3.63) is 53.0 Å². The minimum atomic E-state index is -0.422. The largest absolute Gasteiger partial charge is 0.456 e. The van der Waals surface area contributed by atoms with Crippen LogP contribution in [0.3, 0.4) is 0 Å². The van der Waals surface area contributed by atoms with E-state index in [1.165, 1.54) is 11.3 Å². The Morgan fingerprint density at radius 1 is 1.16 bits per heavy atom. The van der Waals surface area contributed by atoms with Gasteiger partial charge < -0.3 is 4.74 Å². The van der Waals surface area contributed by atoms with Crippen LogP contribution in [0.5, 0.6) is 0 Å². The van der Waals surface area contributed by atoms with Crippen molar-refractivity contribution >= 4 is 44.2 Å². The van der Waals surface area contributed by atoms with Crippen molar-refractivity contribution < 1.29 is 14.3 Å². The number of thiazole rings is 1. The van der Waals surface area contributed by atoms with Crippen LogP contribution in [-0.4, -0.2) is 44.6 Å². The number of nitrogens with zero attached hydrogens (tertiary/aromatic N) is 5. The van der Waals surface area contributed by atoms with Gasteiger partial charge in [-0.25, -0.2) is 14.5 Å². The Morgan fingerprint density at radius 2 is 1.94 bits per heavy atom. The Balaban J connectivity index is 1.37. The molecule has 3 heterocycles. The molecule has 0 spiro atoms. The van der Waals surface area contributed by atoms with Crippen LogP contribution in [0.2, 0.25) is 0 Å². The van der Waals surface area contributed by atoms with Gasteiger partial charge in [0.1, 0.15) is 0 Å². The van der Waals surface area contributed by atoms with Crippen LogP contribution in [0.25, 0.3) is 15.9 Å². The fourth-order valence-corrected chi connectivity index (χ4v) is 4.76. The van der Waals surface area contributed by atoms with Crippen LogP contribution in [0.4, 0.5) is 5.13 Å². The lowest BCUT2D eigenvalue weighted by atomic mass is 10.1. The molecule has 3 aromatic heterocycles. The minimum Gasteiger partial charge on any atom is -0.456 e. The number of ether oxygens (including phenoxy) is 1. The summed E-state index contributed by atoms with van der Waals surface area (Å²) in [5, 5.41) is 5.06. The molecule has 0 atom stereocenters. The predicted molar refractivity (Wildman–Crippen MR) is 124 cm³/mol. The van der Waals surface area contributed by atoms with E-state index in [9.17, 15) is 9.59 Å². The SMILES string of the molecule is CCN(C(=O)COC(=O)CCc1c(C)nc2cc(C)nn2c1C)c1nc2ccccc2s1. The number of para-hydroxylation sites is 1. The Labute approximate surface area is 189 Å². The first-order chi connectivity index (χ1) is 15.4. The highest BCUT2D eigenvalue weighted by atomic mass is 32.1. The van der Waals surface area contributed by atoms with Crippen molar-refractivity contribution in [2.45, 2.75) is 40.5 Å². The van der Waals surface area contributed by atoms with E-state index >= 15 is 0 Å². The summed E-state index contributed by atoms with van der Waals surface area (Å²) in [5.41, 5.74) is 5.32. The first-order valence-electron chi connectivity index (χ1n) is 10.5. The molecule has 0 unspecified atom stereocenters. The van der Waals surface area contributed by atoms with Gasteiger partial charge in [0.25, 0.3) is 5.91 Å². The summed E-state index contributed by atoms with van der Waals surface area (Å²) in [7, 11) is 0. The average Bonchev–Trinajstić information content (AvgIpc) is 3.35. The van der Waals surface area contributed by atoms with E-state index < -0.39 is 5.97 Å². The molecule has 9 heteroatoms. The van der Waals surface area contributed by atoms with E-state index in [-0.39, 0.29) is 18.9 Å². The molecule has 0 aliphatic rings. The molecule has 4 rings (SSSR count). The second kappa shape index (κ2) is 9.04. The number of aryl methyl sites for hydroxylation is 3. The van der Waals surface area contributed by atoms with Gasteiger partial charge in [-0.15, -0.1) is 0 Å². The predicted octanol–water partition coefficient (Wildman–Crippen LogP) is 3.79. The van der Waals surface area contributed by atoms with Gasteiger partial charge in [0, 0.05) is 30.4 Å². The van der Waals surface area contributed by atoms with Crippen molar-refractivity contribution in [1.82, 2.24) is 19.6 Å². The van der Waals surface area contributed by atoms with Crippen molar-refractivity contribution in [2.75, 3.05) is 18.1 Å². The Hall–Kier alpha value is -3.33. The summed E-state index contributed by atoms with van der Waals surface area (Å²) in [4.78, 5) is 35.7. The van der Waals surface area contributed by atoms with E-state index in [2.05, 4.69) is 15.1 Å². The second-order valence-corrected chi connectivity index (χ2v) is 8.59.